The summed E-state index contributed by atoms with van der Waals surface area (Å²) >= 11 is 0. The first-order chi connectivity index (χ1) is 10.4. The van der Waals surface area contributed by atoms with Crippen molar-refractivity contribution in [1.29, 1.82) is 5.26 Å². The van der Waals surface area contributed by atoms with Crippen LogP contribution in [0.25, 0.3) is 0 Å². The summed E-state index contributed by atoms with van der Waals surface area (Å²) in [5, 5.41) is 13.0. The second-order valence-corrected chi connectivity index (χ2v) is 10.2. The van der Waals surface area contributed by atoms with E-state index in [4.69, 9.17) is 5.26 Å². The molecule has 0 bridgehead atoms. The van der Waals surface area contributed by atoms with Crippen molar-refractivity contribution in [2.75, 3.05) is 11.2 Å². The van der Waals surface area contributed by atoms with Crippen molar-refractivity contribution in [1.82, 2.24) is 0 Å². The Balaban J connectivity index is 2.88. The molecule has 0 aromatic heterocycles. The fraction of sp³-hybridized carbons (Fsp3) is 0.529. The van der Waals surface area contributed by atoms with Gasteiger partial charge in [0, 0.05) is 0 Å². The lowest BCUT2D eigenvalue weighted by atomic mass is 9.87. The average molecular weight is 335 g/mol. The van der Waals surface area contributed by atoms with Gasteiger partial charge in [0.15, 0.2) is 15.5 Å². The molecule has 6 heteroatoms. The van der Waals surface area contributed by atoms with E-state index in [1.807, 2.05) is 30.3 Å². The molecule has 1 N–H and O–H groups in total. The zero-order valence-electron chi connectivity index (χ0n) is 14.6. The standard InChI is InChI=1S/C17H25N3O2S/c1-16(2,3)13-7-9-14(10-8-13)19-20-15(11-18)12-23(21,22)17(4,5)6/h7-10,19H,12H2,1-6H3/b20-15+. The summed E-state index contributed by atoms with van der Waals surface area (Å²) < 4.78 is 23.3. The van der Waals surface area contributed by atoms with Crippen LogP contribution in [0, 0.1) is 11.3 Å². The quantitative estimate of drug-likeness (QED) is 0.674. The van der Waals surface area contributed by atoms with E-state index in [-0.39, 0.29) is 16.9 Å². The molecule has 1 rings (SSSR count). The topological polar surface area (TPSA) is 82.3 Å². The molecule has 0 saturated carbocycles. The summed E-state index contributed by atoms with van der Waals surface area (Å²) in [6.45, 7) is 11.2. The molecule has 126 valence electrons. The number of nitrogens with zero attached hydrogens (tertiary/aromatic N) is 2. The highest BCUT2D eigenvalue weighted by Gasteiger charge is 2.30. The van der Waals surface area contributed by atoms with Crippen LogP contribution in [0.1, 0.15) is 47.1 Å². The van der Waals surface area contributed by atoms with Gasteiger partial charge in [0.25, 0.3) is 0 Å². The van der Waals surface area contributed by atoms with E-state index in [0.717, 1.165) is 0 Å². The minimum atomic E-state index is -3.43. The predicted octanol–water partition coefficient (Wildman–Crippen LogP) is 3.49. The molecule has 1 aromatic rings. The Morgan fingerprint density at radius 3 is 2.04 bits per heavy atom. The van der Waals surface area contributed by atoms with Crippen LogP contribution in [-0.2, 0) is 15.3 Å². The minimum Gasteiger partial charge on any atom is -0.278 e. The number of hydrogen-bond donors (Lipinski definition) is 1. The van der Waals surface area contributed by atoms with Crippen LogP contribution in [0.4, 0.5) is 5.69 Å². The van der Waals surface area contributed by atoms with Crippen LogP contribution in [0.3, 0.4) is 0 Å². The average Bonchev–Trinajstić information content (AvgIpc) is 2.41. The highest BCUT2D eigenvalue weighted by Crippen LogP contribution is 2.23. The Labute approximate surface area is 139 Å². The van der Waals surface area contributed by atoms with Gasteiger partial charge >= 0.3 is 0 Å². The van der Waals surface area contributed by atoms with Crippen LogP contribution >= 0.6 is 0 Å². The van der Waals surface area contributed by atoms with Crippen LogP contribution in [0.5, 0.6) is 0 Å². The summed E-state index contributed by atoms with van der Waals surface area (Å²) in [4.78, 5) is 0. The number of benzene rings is 1. The van der Waals surface area contributed by atoms with Gasteiger partial charge in [-0.1, -0.05) is 32.9 Å². The molecule has 0 heterocycles. The molecular formula is C17H25N3O2S. The van der Waals surface area contributed by atoms with Gasteiger partial charge in [-0.15, -0.1) is 0 Å². The first-order valence-corrected chi connectivity index (χ1v) is 9.07. The highest BCUT2D eigenvalue weighted by atomic mass is 32.2. The minimum absolute atomic E-state index is 0.0557. The fourth-order valence-electron chi connectivity index (χ4n) is 1.66. The molecule has 0 fully saturated rings. The summed E-state index contributed by atoms with van der Waals surface area (Å²) in [6, 6.07) is 9.53. The molecule has 0 aliphatic rings. The van der Waals surface area contributed by atoms with Crippen LogP contribution in [-0.4, -0.2) is 24.6 Å². The van der Waals surface area contributed by atoms with Crippen molar-refractivity contribution < 1.29 is 8.42 Å². The third-order valence-corrected chi connectivity index (χ3v) is 5.98. The Hall–Kier alpha value is -1.87. The van der Waals surface area contributed by atoms with Crippen molar-refractivity contribution in [3.8, 4) is 6.07 Å². The van der Waals surface area contributed by atoms with Gasteiger partial charge in [0.2, 0.25) is 0 Å². The first kappa shape index (κ1) is 19.2. The zero-order valence-corrected chi connectivity index (χ0v) is 15.5. The molecule has 0 aliphatic carbocycles. The van der Waals surface area contributed by atoms with Crippen molar-refractivity contribution in [3.63, 3.8) is 0 Å². The second kappa shape index (κ2) is 6.71. The van der Waals surface area contributed by atoms with Gasteiger partial charge in [0.05, 0.1) is 10.4 Å². The van der Waals surface area contributed by atoms with E-state index < -0.39 is 14.6 Å². The largest absolute Gasteiger partial charge is 0.278 e. The van der Waals surface area contributed by atoms with Gasteiger partial charge in [-0.3, -0.25) is 5.43 Å². The molecule has 5 nitrogen and oxygen atoms in total. The number of hydrogen-bond acceptors (Lipinski definition) is 5. The number of nitrogens with one attached hydrogen (secondary N) is 1. The molecule has 23 heavy (non-hydrogen) atoms. The lowest BCUT2D eigenvalue weighted by Gasteiger charge is -2.19. The molecule has 0 amide bonds. The number of anilines is 1. The third-order valence-electron chi connectivity index (χ3n) is 3.46. The predicted molar refractivity (Wildman–Crippen MR) is 95.4 cm³/mol. The van der Waals surface area contributed by atoms with E-state index in [1.165, 1.54) is 5.56 Å². The fourth-order valence-corrected chi connectivity index (χ4v) is 2.58. The van der Waals surface area contributed by atoms with Gasteiger partial charge in [-0.25, -0.2) is 8.42 Å². The van der Waals surface area contributed by atoms with E-state index in [1.54, 1.807) is 20.8 Å². The summed E-state index contributed by atoms with van der Waals surface area (Å²) in [6.07, 6.45) is 0. The smallest absolute Gasteiger partial charge is 0.161 e. The Morgan fingerprint density at radius 1 is 1.13 bits per heavy atom. The second-order valence-electron chi connectivity index (χ2n) is 7.48. The third kappa shape index (κ3) is 5.36. The maximum atomic E-state index is 12.1. The molecule has 0 atom stereocenters. The van der Waals surface area contributed by atoms with Crippen molar-refractivity contribution in [2.24, 2.45) is 5.10 Å². The Morgan fingerprint density at radius 2 is 1.65 bits per heavy atom. The maximum Gasteiger partial charge on any atom is 0.161 e. The molecule has 0 saturated heterocycles. The van der Waals surface area contributed by atoms with Gasteiger partial charge in [0.1, 0.15) is 11.8 Å². The summed E-state index contributed by atoms with van der Waals surface area (Å²) in [5.41, 5.74) is 4.64. The van der Waals surface area contributed by atoms with Crippen molar-refractivity contribution in [3.05, 3.63) is 29.8 Å². The van der Waals surface area contributed by atoms with Gasteiger partial charge < -0.3 is 0 Å². The molecular weight excluding hydrogens is 310 g/mol. The molecule has 0 radical (unpaired) electrons. The molecule has 0 spiro atoms. The lowest BCUT2D eigenvalue weighted by Crippen LogP contribution is -2.33. The number of hydrazone groups is 1. The SMILES string of the molecule is CC(C)(C)c1ccc(N/N=C(\C#N)CS(=O)(=O)C(C)(C)C)cc1. The van der Waals surface area contributed by atoms with Gasteiger partial charge in [-0.05, 0) is 43.9 Å². The first-order valence-electron chi connectivity index (χ1n) is 7.42. The van der Waals surface area contributed by atoms with Crippen molar-refractivity contribution in [2.45, 2.75) is 51.7 Å². The Bertz CT molecular complexity index is 713. The molecule has 0 unspecified atom stereocenters. The van der Waals surface area contributed by atoms with Crippen LogP contribution in [0.15, 0.2) is 29.4 Å². The monoisotopic (exact) mass is 335 g/mol. The Kier molecular flexibility index (Phi) is 5.60. The lowest BCUT2D eigenvalue weighted by molar-refractivity contribution is 0.564. The van der Waals surface area contributed by atoms with Crippen molar-refractivity contribution >= 4 is 21.2 Å². The summed E-state index contributed by atoms with van der Waals surface area (Å²) in [7, 11) is -3.43. The molecule has 1 aromatic carbocycles. The number of sulfone groups is 1. The van der Waals surface area contributed by atoms with Crippen LogP contribution < -0.4 is 5.43 Å². The number of rotatable bonds is 4. The van der Waals surface area contributed by atoms with E-state index in [2.05, 4.69) is 31.3 Å². The number of nitriles is 1. The maximum absolute atomic E-state index is 12.1. The highest BCUT2D eigenvalue weighted by molar-refractivity contribution is 7.93. The molecule has 0 aliphatic heterocycles. The van der Waals surface area contributed by atoms with Gasteiger partial charge in [-0.2, -0.15) is 10.4 Å². The normalized spacial score (nSPS) is 13.5. The zero-order chi connectivity index (χ0) is 17.9. The van der Waals surface area contributed by atoms with E-state index in [9.17, 15) is 8.42 Å². The van der Waals surface area contributed by atoms with E-state index in [0.29, 0.717) is 5.69 Å². The van der Waals surface area contributed by atoms with E-state index >= 15 is 0 Å². The summed E-state index contributed by atoms with van der Waals surface area (Å²) in [5.74, 6) is -0.375. The van der Waals surface area contributed by atoms with Crippen LogP contribution in [0.2, 0.25) is 0 Å².